The third kappa shape index (κ3) is 1.08. The van der Waals surface area contributed by atoms with E-state index >= 15 is 0 Å². The zero-order valence-corrected chi connectivity index (χ0v) is 8.19. The van der Waals surface area contributed by atoms with Crippen molar-refractivity contribution >= 4 is 11.4 Å². The molecule has 1 aromatic rings. The van der Waals surface area contributed by atoms with Gasteiger partial charge in [0.1, 0.15) is 0 Å². The van der Waals surface area contributed by atoms with E-state index in [4.69, 9.17) is 4.74 Å². The van der Waals surface area contributed by atoms with E-state index in [2.05, 4.69) is 21.9 Å². The smallest absolute Gasteiger partial charge is 0.209 e. The highest BCUT2D eigenvalue weighted by molar-refractivity contribution is 5.76. The number of nitrogens with zero attached hydrogens (tertiary/aromatic N) is 2. The molecular formula is C10H14N2O. The summed E-state index contributed by atoms with van der Waals surface area (Å²) in [6, 6.07) is 8.29. The summed E-state index contributed by atoms with van der Waals surface area (Å²) in [6.45, 7) is 0. The summed E-state index contributed by atoms with van der Waals surface area (Å²) in [4.78, 5) is 4.24. The van der Waals surface area contributed by atoms with Crippen LogP contribution in [0.5, 0.6) is 0 Å². The van der Waals surface area contributed by atoms with Crippen molar-refractivity contribution in [2.24, 2.45) is 0 Å². The third-order valence-electron chi connectivity index (χ3n) is 2.52. The van der Waals surface area contributed by atoms with Crippen molar-refractivity contribution in [2.75, 3.05) is 31.0 Å². The second-order valence-electron chi connectivity index (χ2n) is 3.27. The predicted molar refractivity (Wildman–Crippen MR) is 54.0 cm³/mol. The lowest BCUT2D eigenvalue weighted by Gasteiger charge is -2.25. The van der Waals surface area contributed by atoms with Gasteiger partial charge in [0, 0.05) is 21.2 Å². The van der Waals surface area contributed by atoms with Crippen LogP contribution in [-0.4, -0.2) is 27.6 Å². The van der Waals surface area contributed by atoms with Gasteiger partial charge in [0.05, 0.1) is 11.4 Å². The summed E-state index contributed by atoms with van der Waals surface area (Å²) in [5.41, 5.74) is 2.44. The fraction of sp³-hybridized carbons (Fsp3) is 0.400. The first-order chi connectivity index (χ1) is 6.25. The quantitative estimate of drug-likeness (QED) is 0.648. The molecule has 0 saturated carbocycles. The fourth-order valence-corrected chi connectivity index (χ4v) is 1.87. The molecule has 0 bridgehead atoms. The molecule has 0 spiro atoms. The number of hydrogen-bond acceptors (Lipinski definition) is 3. The van der Waals surface area contributed by atoms with Gasteiger partial charge in [-0.1, -0.05) is 12.1 Å². The Hall–Kier alpha value is -1.22. The molecule has 1 aromatic carbocycles. The molecule has 0 fully saturated rings. The maximum absolute atomic E-state index is 5.37. The Bertz CT molecular complexity index is 285. The number of methoxy groups -OCH3 is 1. The maximum Gasteiger partial charge on any atom is 0.209 e. The van der Waals surface area contributed by atoms with E-state index in [1.54, 1.807) is 7.11 Å². The van der Waals surface area contributed by atoms with Crippen LogP contribution in [0.1, 0.15) is 0 Å². The van der Waals surface area contributed by atoms with Crippen LogP contribution in [0.4, 0.5) is 11.4 Å². The van der Waals surface area contributed by atoms with E-state index in [0.29, 0.717) is 0 Å². The molecule has 0 N–H and O–H groups in total. The molecule has 0 aliphatic carbocycles. The molecular weight excluding hydrogens is 164 g/mol. The molecule has 1 aliphatic rings. The number of para-hydroxylation sites is 2. The van der Waals surface area contributed by atoms with Crippen LogP contribution in [0, 0.1) is 0 Å². The molecule has 0 radical (unpaired) electrons. The molecule has 0 saturated heterocycles. The first kappa shape index (κ1) is 8.38. The van der Waals surface area contributed by atoms with E-state index < -0.39 is 0 Å². The van der Waals surface area contributed by atoms with Crippen molar-refractivity contribution in [3.8, 4) is 0 Å². The van der Waals surface area contributed by atoms with Gasteiger partial charge in [-0.3, -0.25) is 0 Å². The summed E-state index contributed by atoms with van der Waals surface area (Å²) >= 11 is 0. The number of fused-ring (bicyclic) bond motifs is 1. The predicted octanol–water partition coefficient (Wildman–Crippen LogP) is 1.50. The average Bonchev–Trinajstić information content (AvgIpc) is 2.41. The third-order valence-corrected chi connectivity index (χ3v) is 2.52. The van der Waals surface area contributed by atoms with Gasteiger partial charge in [0.25, 0.3) is 0 Å². The molecule has 0 atom stereocenters. The van der Waals surface area contributed by atoms with Crippen LogP contribution >= 0.6 is 0 Å². The number of benzene rings is 1. The maximum atomic E-state index is 5.37. The van der Waals surface area contributed by atoms with Gasteiger partial charge >= 0.3 is 0 Å². The molecule has 1 aliphatic heterocycles. The Labute approximate surface area is 78.5 Å². The van der Waals surface area contributed by atoms with Crippen LogP contribution in [0.2, 0.25) is 0 Å². The molecule has 70 valence electrons. The van der Waals surface area contributed by atoms with E-state index in [-0.39, 0.29) is 6.35 Å². The van der Waals surface area contributed by atoms with Gasteiger partial charge in [-0.15, -0.1) is 0 Å². The Morgan fingerprint density at radius 3 is 1.92 bits per heavy atom. The summed E-state index contributed by atoms with van der Waals surface area (Å²) in [6.07, 6.45) is 0.0254. The van der Waals surface area contributed by atoms with E-state index in [0.717, 1.165) is 0 Å². The van der Waals surface area contributed by atoms with Crippen LogP contribution in [0.15, 0.2) is 24.3 Å². The molecule has 0 amide bonds. The summed E-state index contributed by atoms with van der Waals surface area (Å²) in [7, 11) is 5.80. The molecule has 13 heavy (non-hydrogen) atoms. The molecule has 3 nitrogen and oxygen atoms in total. The standard InChI is InChI=1S/C10H14N2O/c1-11-8-6-4-5-7-9(8)12(2)10(11)13-3/h4-7,10H,1-3H3. The van der Waals surface area contributed by atoms with Gasteiger partial charge in [-0.25, -0.2) is 0 Å². The average molecular weight is 178 g/mol. The van der Waals surface area contributed by atoms with Gasteiger partial charge < -0.3 is 14.5 Å². The van der Waals surface area contributed by atoms with Gasteiger partial charge in [0.15, 0.2) is 0 Å². The number of hydrogen-bond donors (Lipinski definition) is 0. The number of ether oxygens (including phenoxy) is 1. The van der Waals surface area contributed by atoms with E-state index in [9.17, 15) is 0 Å². The van der Waals surface area contributed by atoms with E-state index in [1.165, 1.54) is 11.4 Å². The lowest BCUT2D eigenvalue weighted by molar-refractivity contribution is 0.110. The Kier molecular flexibility index (Phi) is 1.88. The summed E-state index contributed by atoms with van der Waals surface area (Å²) in [5.74, 6) is 0. The van der Waals surface area contributed by atoms with Crippen LogP contribution < -0.4 is 9.80 Å². The second kappa shape index (κ2) is 2.92. The van der Waals surface area contributed by atoms with Crippen molar-refractivity contribution < 1.29 is 4.74 Å². The zero-order valence-electron chi connectivity index (χ0n) is 8.19. The zero-order chi connectivity index (χ0) is 9.42. The largest absolute Gasteiger partial charge is 0.344 e. The lowest BCUT2D eigenvalue weighted by Crippen LogP contribution is -2.40. The minimum atomic E-state index is 0.0254. The van der Waals surface area contributed by atoms with Crippen LogP contribution in [0.3, 0.4) is 0 Å². The Morgan fingerprint density at radius 1 is 1.08 bits per heavy atom. The van der Waals surface area contributed by atoms with Crippen molar-refractivity contribution in [2.45, 2.75) is 6.35 Å². The minimum absolute atomic E-state index is 0.0254. The van der Waals surface area contributed by atoms with E-state index in [1.807, 2.05) is 26.2 Å². The van der Waals surface area contributed by atoms with Gasteiger partial charge in [0.2, 0.25) is 6.35 Å². The van der Waals surface area contributed by atoms with Crippen molar-refractivity contribution in [3.63, 3.8) is 0 Å². The molecule has 3 heteroatoms. The highest BCUT2D eigenvalue weighted by atomic mass is 16.5. The lowest BCUT2D eigenvalue weighted by atomic mass is 10.3. The summed E-state index contributed by atoms with van der Waals surface area (Å²) < 4.78 is 5.37. The fourth-order valence-electron chi connectivity index (χ4n) is 1.87. The van der Waals surface area contributed by atoms with Crippen LogP contribution in [0.25, 0.3) is 0 Å². The van der Waals surface area contributed by atoms with Crippen molar-refractivity contribution in [3.05, 3.63) is 24.3 Å². The van der Waals surface area contributed by atoms with Gasteiger partial charge in [-0.05, 0) is 12.1 Å². The molecule has 0 aromatic heterocycles. The highest BCUT2D eigenvalue weighted by Gasteiger charge is 2.30. The first-order valence-corrected chi connectivity index (χ1v) is 4.33. The minimum Gasteiger partial charge on any atom is -0.344 e. The van der Waals surface area contributed by atoms with Crippen LogP contribution in [-0.2, 0) is 4.74 Å². The van der Waals surface area contributed by atoms with Crippen molar-refractivity contribution in [1.82, 2.24) is 0 Å². The van der Waals surface area contributed by atoms with Crippen molar-refractivity contribution in [1.29, 1.82) is 0 Å². The van der Waals surface area contributed by atoms with Gasteiger partial charge in [-0.2, -0.15) is 0 Å². The molecule has 2 rings (SSSR count). The normalized spacial score (nSPS) is 16.5. The monoisotopic (exact) mass is 178 g/mol. The first-order valence-electron chi connectivity index (χ1n) is 4.33. The molecule has 1 heterocycles. The number of anilines is 2. The number of rotatable bonds is 1. The highest BCUT2D eigenvalue weighted by Crippen LogP contribution is 2.36. The second-order valence-corrected chi connectivity index (χ2v) is 3.27. The summed E-state index contributed by atoms with van der Waals surface area (Å²) in [5, 5.41) is 0. The Balaban J connectivity index is 2.44. The SMILES string of the molecule is COC1N(C)c2ccccc2N1C. The Morgan fingerprint density at radius 2 is 1.54 bits per heavy atom. The topological polar surface area (TPSA) is 15.7 Å². The molecule has 0 unspecified atom stereocenters.